The molecule has 2 aliphatic rings. The summed E-state index contributed by atoms with van der Waals surface area (Å²) in [5.74, 6) is 1.31. The molecule has 1 amide bonds. The minimum Gasteiger partial charge on any atom is -0.436 e. The predicted octanol–water partition coefficient (Wildman–Crippen LogP) is 6.60. The monoisotopic (exact) mass is 508 g/mol. The van der Waals surface area contributed by atoms with Crippen molar-refractivity contribution < 1.29 is 18.7 Å². The first-order valence-electron chi connectivity index (χ1n) is 13.1. The van der Waals surface area contributed by atoms with E-state index < -0.39 is 0 Å². The third-order valence-corrected chi connectivity index (χ3v) is 7.90. The van der Waals surface area contributed by atoms with Crippen molar-refractivity contribution in [1.82, 2.24) is 10.3 Å². The number of benzene rings is 2. The van der Waals surface area contributed by atoms with Gasteiger partial charge in [-0.3, -0.25) is 9.59 Å². The van der Waals surface area contributed by atoms with E-state index in [0.29, 0.717) is 34.5 Å². The number of ketones is 1. The molecule has 6 nitrogen and oxygen atoms in total. The van der Waals surface area contributed by atoms with Gasteiger partial charge in [0.15, 0.2) is 11.4 Å². The Bertz CT molecular complexity index is 1220. The van der Waals surface area contributed by atoms with Gasteiger partial charge in [0.1, 0.15) is 11.6 Å². The van der Waals surface area contributed by atoms with Crippen LogP contribution in [0.25, 0.3) is 22.6 Å². The lowest BCUT2D eigenvalue weighted by atomic mass is 9.87. The van der Waals surface area contributed by atoms with E-state index in [1.807, 2.05) is 30.3 Å². The van der Waals surface area contributed by atoms with Gasteiger partial charge in [-0.1, -0.05) is 30.7 Å². The van der Waals surface area contributed by atoms with Crippen molar-refractivity contribution >= 4 is 34.4 Å². The molecule has 2 fully saturated rings. The summed E-state index contributed by atoms with van der Waals surface area (Å²) >= 11 is 6.05. The number of ether oxygens (including phenoxy) is 1. The second-order valence-electron chi connectivity index (χ2n) is 10.1. The van der Waals surface area contributed by atoms with Gasteiger partial charge in [-0.2, -0.15) is 0 Å². The lowest BCUT2D eigenvalue weighted by Gasteiger charge is -2.18. The minimum absolute atomic E-state index is 0.00264. The van der Waals surface area contributed by atoms with Gasteiger partial charge in [0, 0.05) is 34.7 Å². The summed E-state index contributed by atoms with van der Waals surface area (Å²) in [6.45, 7) is 2.77. The smallest absolute Gasteiger partial charge is 0.249 e. The number of oxazole rings is 1. The van der Waals surface area contributed by atoms with Gasteiger partial charge in [-0.05, 0) is 87.6 Å². The number of nitrogens with zero attached hydrogens (tertiary/aromatic N) is 1. The highest BCUT2D eigenvalue weighted by atomic mass is 35.5. The zero-order valence-electron chi connectivity index (χ0n) is 20.7. The van der Waals surface area contributed by atoms with Crippen LogP contribution in [0, 0.1) is 11.8 Å². The molecule has 1 aliphatic heterocycles. The highest BCUT2D eigenvalue weighted by Gasteiger charge is 2.31. The molecule has 0 bridgehead atoms. The summed E-state index contributed by atoms with van der Waals surface area (Å²) in [6.07, 6.45) is 7.34. The molecular formula is C29H33ClN2O4. The Balaban J connectivity index is 1.14. The third-order valence-electron chi connectivity index (χ3n) is 7.66. The van der Waals surface area contributed by atoms with E-state index in [2.05, 4.69) is 17.2 Å². The average Bonchev–Trinajstić information content (AvgIpc) is 3.65. The van der Waals surface area contributed by atoms with E-state index in [1.54, 1.807) is 12.1 Å². The topological polar surface area (TPSA) is 81.4 Å². The lowest BCUT2D eigenvalue weighted by molar-refractivity contribution is -0.130. The van der Waals surface area contributed by atoms with Crippen molar-refractivity contribution in [1.29, 1.82) is 0 Å². The zero-order valence-corrected chi connectivity index (χ0v) is 21.4. The van der Waals surface area contributed by atoms with Crippen molar-refractivity contribution in [3.05, 3.63) is 53.1 Å². The molecule has 7 heteroatoms. The van der Waals surface area contributed by atoms with Gasteiger partial charge in [0.05, 0.1) is 0 Å². The van der Waals surface area contributed by atoms with Crippen molar-refractivity contribution in [3.63, 3.8) is 0 Å². The SMILES string of the molecule is CCC(CCC1CCC(NC(=O)C2CCCO2)C1)C(=O)c1ccc(-c2nc3cc(Cl)ccc3o2)cc1. The van der Waals surface area contributed by atoms with Crippen LogP contribution in [0.4, 0.5) is 0 Å². The quantitative estimate of drug-likeness (QED) is 0.329. The molecule has 1 saturated heterocycles. The molecule has 1 aromatic heterocycles. The zero-order chi connectivity index (χ0) is 25.1. The molecule has 190 valence electrons. The van der Waals surface area contributed by atoms with E-state index in [-0.39, 0.29) is 29.8 Å². The summed E-state index contributed by atoms with van der Waals surface area (Å²) < 4.78 is 11.3. The first kappa shape index (κ1) is 25.0. The van der Waals surface area contributed by atoms with Gasteiger partial charge < -0.3 is 14.5 Å². The van der Waals surface area contributed by atoms with Crippen LogP contribution in [-0.2, 0) is 9.53 Å². The average molecular weight is 509 g/mol. The van der Waals surface area contributed by atoms with Crippen LogP contribution in [0.5, 0.6) is 0 Å². The van der Waals surface area contributed by atoms with Crippen LogP contribution in [0.1, 0.15) is 68.6 Å². The number of amides is 1. The lowest BCUT2D eigenvalue weighted by Crippen LogP contribution is -2.40. The first-order valence-corrected chi connectivity index (χ1v) is 13.5. The van der Waals surface area contributed by atoms with Gasteiger partial charge in [0.25, 0.3) is 0 Å². The first-order chi connectivity index (χ1) is 17.5. The number of carbonyl (C=O) groups excluding carboxylic acids is 2. The number of aromatic nitrogens is 1. The summed E-state index contributed by atoms with van der Waals surface area (Å²) in [5.41, 5.74) is 2.94. The van der Waals surface area contributed by atoms with Crippen LogP contribution in [0.2, 0.25) is 5.02 Å². The van der Waals surface area contributed by atoms with Crippen LogP contribution in [-0.4, -0.2) is 35.4 Å². The maximum Gasteiger partial charge on any atom is 0.249 e. The fourth-order valence-electron chi connectivity index (χ4n) is 5.54. The van der Waals surface area contributed by atoms with E-state index in [1.165, 1.54) is 0 Å². The van der Waals surface area contributed by atoms with E-state index in [0.717, 1.165) is 62.5 Å². The van der Waals surface area contributed by atoms with Crippen molar-refractivity contribution in [2.45, 2.75) is 70.4 Å². The molecular weight excluding hydrogens is 476 g/mol. The number of Topliss-reactive ketones (excluding diaryl/α,β-unsaturated/α-hetero) is 1. The van der Waals surface area contributed by atoms with Crippen LogP contribution < -0.4 is 5.32 Å². The third kappa shape index (κ3) is 5.65. The molecule has 3 aromatic rings. The van der Waals surface area contributed by atoms with Crippen LogP contribution in [0.3, 0.4) is 0 Å². The number of carbonyl (C=O) groups is 2. The number of nitrogens with one attached hydrogen (secondary N) is 1. The summed E-state index contributed by atoms with van der Waals surface area (Å²) in [7, 11) is 0. The molecule has 1 aliphatic carbocycles. The Morgan fingerprint density at radius 2 is 1.97 bits per heavy atom. The Kier molecular flexibility index (Phi) is 7.73. The molecule has 2 heterocycles. The highest BCUT2D eigenvalue weighted by molar-refractivity contribution is 6.31. The largest absolute Gasteiger partial charge is 0.436 e. The minimum atomic E-state index is -0.265. The van der Waals surface area contributed by atoms with Crippen molar-refractivity contribution in [2.24, 2.45) is 11.8 Å². The molecule has 36 heavy (non-hydrogen) atoms. The fraction of sp³-hybridized carbons (Fsp3) is 0.483. The Hall–Kier alpha value is -2.70. The Morgan fingerprint density at radius 1 is 1.14 bits per heavy atom. The van der Waals surface area contributed by atoms with Crippen molar-refractivity contribution in [2.75, 3.05) is 6.61 Å². The molecule has 5 rings (SSSR count). The standard InChI is InChI=1S/C29H33ClN2O4/c1-2-19(7-5-18-6-13-23(16-18)31-28(34)26-4-3-15-35-26)27(33)20-8-10-21(11-9-20)29-32-24-17-22(30)12-14-25(24)36-29/h8-12,14,17-19,23,26H,2-7,13,15-16H2,1H3,(H,31,34). The molecule has 4 atom stereocenters. The van der Waals surface area contributed by atoms with Crippen LogP contribution in [0.15, 0.2) is 46.9 Å². The van der Waals surface area contributed by atoms with Gasteiger partial charge in [-0.15, -0.1) is 0 Å². The summed E-state index contributed by atoms with van der Waals surface area (Å²) in [5, 5.41) is 3.80. The second-order valence-corrected chi connectivity index (χ2v) is 10.6. The number of hydrogen-bond acceptors (Lipinski definition) is 5. The molecule has 4 unspecified atom stereocenters. The fourth-order valence-corrected chi connectivity index (χ4v) is 5.71. The number of rotatable bonds is 9. The molecule has 0 spiro atoms. The molecule has 2 aromatic carbocycles. The molecule has 1 N–H and O–H groups in total. The summed E-state index contributed by atoms with van der Waals surface area (Å²) in [6, 6.07) is 13.1. The maximum atomic E-state index is 13.2. The highest BCUT2D eigenvalue weighted by Crippen LogP contribution is 2.33. The normalized spacial score (nSPS) is 22.7. The summed E-state index contributed by atoms with van der Waals surface area (Å²) in [4.78, 5) is 30.1. The second kappa shape index (κ2) is 11.1. The number of fused-ring (bicyclic) bond motifs is 1. The molecule has 0 radical (unpaired) electrons. The maximum absolute atomic E-state index is 13.2. The Labute approximate surface area is 216 Å². The van der Waals surface area contributed by atoms with E-state index in [4.69, 9.17) is 20.8 Å². The van der Waals surface area contributed by atoms with Crippen molar-refractivity contribution in [3.8, 4) is 11.5 Å². The van der Waals surface area contributed by atoms with E-state index >= 15 is 0 Å². The Morgan fingerprint density at radius 3 is 2.72 bits per heavy atom. The van der Waals surface area contributed by atoms with E-state index in [9.17, 15) is 9.59 Å². The number of halogens is 1. The molecule has 1 saturated carbocycles. The number of hydrogen-bond donors (Lipinski definition) is 1. The van der Waals surface area contributed by atoms with Gasteiger partial charge in [-0.25, -0.2) is 4.98 Å². The van der Waals surface area contributed by atoms with Crippen LogP contribution >= 0.6 is 11.6 Å². The van der Waals surface area contributed by atoms with Gasteiger partial charge in [0.2, 0.25) is 11.8 Å². The van der Waals surface area contributed by atoms with Gasteiger partial charge >= 0.3 is 0 Å². The predicted molar refractivity (Wildman–Crippen MR) is 140 cm³/mol.